The molecule has 1 N–H and O–H groups in total. The topological polar surface area (TPSA) is 68.3 Å². The summed E-state index contributed by atoms with van der Waals surface area (Å²) in [6, 6.07) is 24.5. The zero-order chi connectivity index (χ0) is 23.9. The smallest absolute Gasteiger partial charge is 0.338 e. The van der Waals surface area contributed by atoms with Gasteiger partial charge in [0.25, 0.3) is 5.91 Å². The van der Waals surface area contributed by atoms with Crippen LogP contribution in [0.3, 0.4) is 0 Å². The highest BCUT2D eigenvalue weighted by Gasteiger charge is 2.20. The molecule has 5 nitrogen and oxygen atoms in total. The summed E-state index contributed by atoms with van der Waals surface area (Å²) in [7, 11) is 0. The zero-order valence-corrected chi connectivity index (χ0v) is 20.5. The minimum atomic E-state index is -0.946. The number of carbonyl (C=O) groups excluding carboxylic acids is 2. The van der Waals surface area contributed by atoms with Crippen LogP contribution >= 0.6 is 23.1 Å². The maximum atomic E-state index is 12.7. The van der Waals surface area contributed by atoms with Crippen molar-refractivity contribution in [3.05, 3.63) is 101 Å². The fourth-order valence-electron chi connectivity index (χ4n) is 3.30. The van der Waals surface area contributed by atoms with Crippen LogP contribution in [0.15, 0.2) is 89.1 Å². The number of nitrogens with zero attached hydrogens (tertiary/aromatic N) is 1. The van der Waals surface area contributed by atoms with Gasteiger partial charge in [-0.25, -0.2) is 9.78 Å². The summed E-state index contributed by atoms with van der Waals surface area (Å²) < 4.78 is 5.42. The minimum absolute atomic E-state index is 0.387. The summed E-state index contributed by atoms with van der Waals surface area (Å²) in [5.74, 6) is -0.149. The number of ether oxygens (including phenoxy) is 1. The van der Waals surface area contributed by atoms with Crippen LogP contribution < -0.4 is 5.32 Å². The van der Waals surface area contributed by atoms with E-state index >= 15 is 0 Å². The van der Waals surface area contributed by atoms with E-state index < -0.39 is 12.1 Å². The van der Waals surface area contributed by atoms with Crippen molar-refractivity contribution < 1.29 is 14.3 Å². The standard InChI is InChI=1S/C27H24N2O3S2/c1-18(26(30)29-25-11-7-6-10-24(25)20-8-4-3-5-9-20)32-27(31)21-12-14-23(15-13-21)34-17-22-16-33-19(2)28-22/h3-16,18H,17H2,1-2H3,(H,29,30). The number of esters is 1. The Labute approximate surface area is 207 Å². The molecule has 0 aliphatic heterocycles. The van der Waals surface area contributed by atoms with Gasteiger partial charge in [0.2, 0.25) is 0 Å². The third kappa shape index (κ3) is 6.12. The number of carbonyl (C=O) groups is 2. The summed E-state index contributed by atoms with van der Waals surface area (Å²) in [4.78, 5) is 30.8. The molecule has 0 spiro atoms. The van der Waals surface area contributed by atoms with Gasteiger partial charge < -0.3 is 10.1 Å². The van der Waals surface area contributed by atoms with Gasteiger partial charge >= 0.3 is 5.97 Å². The van der Waals surface area contributed by atoms with Crippen molar-refractivity contribution in [1.29, 1.82) is 0 Å². The molecule has 7 heteroatoms. The molecule has 4 rings (SSSR count). The number of rotatable bonds is 8. The van der Waals surface area contributed by atoms with Crippen molar-refractivity contribution >= 4 is 40.7 Å². The first-order valence-electron chi connectivity index (χ1n) is 10.8. The molecule has 0 saturated heterocycles. The molecule has 0 radical (unpaired) electrons. The summed E-state index contributed by atoms with van der Waals surface area (Å²) in [5, 5.41) is 5.99. The summed E-state index contributed by atoms with van der Waals surface area (Å²) >= 11 is 3.29. The molecule has 1 aromatic heterocycles. The molecule has 0 aliphatic carbocycles. The van der Waals surface area contributed by atoms with Crippen molar-refractivity contribution in [2.24, 2.45) is 0 Å². The summed E-state index contributed by atoms with van der Waals surface area (Å²) in [5.41, 5.74) is 4.00. The molecule has 0 aliphatic rings. The van der Waals surface area contributed by atoms with Gasteiger partial charge in [-0.3, -0.25) is 4.79 Å². The number of amides is 1. The van der Waals surface area contributed by atoms with Crippen LogP contribution in [-0.4, -0.2) is 23.0 Å². The van der Waals surface area contributed by atoms with Crippen molar-refractivity contribution in [3.63, 3.8) is 0 Å². The predicted molar refractivity (Wildman–Crippen MR) is 138 cm³/mol. The minimum Gasteiger partial charge on any atom is -0.449 e. The lowest BCUT2D eigenvalue weighted by Gasteiger charge is -2.16. The lowest BCUT2D eigenvalue weighted by atomic mass is 10.0. The first-order valence-corrected chi connectivity index (χ1v) is 12.7. The van der Waals surface area contributed by atoms with E-state index in [1.54, 1.807) is 42.2 Å². The van der Waals surface area contributed by atoms with Crippen LogP contribution in [0.4, 0.5) is 5.69 Å². The van der Waals surface area contributed by atoms with Gasteiger partial charge in [-0.05, 0) is 49.7 Å². The van der Waals surface area contributed by atoms with E-state index in [0.717, 1.165) is 32.5 Å². The number of thioether (sulfide) groups is 1. The van der Waals surface area contributed by atoms with Gasteiger partial charge in [0.1, 0.15) is 0 Å². The number of anilines is 1. The van der Waals surface area contributed by atoms with Crippen molar-refractivity contribution in [1.82, 2.24) is 4.98 Å². The van der Waals surface area contributed by atoms with Crippen LogP contribution in [0.5, 0.6) is 0 Å². The first kappa shape index (κ1) is 23.7. The number of thiazole rings is 1. The molecule has 1 atom stereocenters. The molecule has 0 fully saturated rings. The molecule has 3 aromatic carbocycles. The van der Waals surface area contributed by atoms with Crippen LogP contribution in [0.1, 0.15) is 28.0 Å². The van der Waals surface area contributed by atoms with Crippen LogP contribution in [0.25, 0.3) is 11.1 Å². The lowest BCUT2D eigenvalue weighted by Crippen LogP contribution is -2.30. The van der Waals surface area contributed by atoms with Crippen molar-refractivity contribution in [2.75, 3.05) is 5.32 Å². The average Bonchev–Trinajstić information content (AvgIpc) is 3.29. The number of benzene rings is 3. The Morgan fingerprint density at radius 1 is 1.00 bits per heavy atom. The maximum Gasteiger partial charge on any atom is 0.338 e. The Balaban J connectivity index is 1.34. The van der Waals surface area contributed by atoms with Gasteiger partial charge in [-0.2, -0.15) is 0 Å². The molecule has 0 bridgehead atoms. The second-order valence-electron chi connectivity index (χ2n) is 7.62. The van der Waals surface area contributed by atoms with Gasteiger partial charge in [-0.15, -0.1) is 23.1 Å². The first-order chi connectivity index (χ1) is 16.5. The number of aryl methyl sites for hydroxylation is 1. The zero-order valence-electron chi connectivity index (χ0n) is 18.9. The van der Waals surface area contributed by atoms with Crippen LogP contribution in [-0.2, 0) is 15.3 Å². The monoisotopic (exact) mass is 488 g/mol. The quantitative estimate of drug-likeness (QED) is 0.224. The van der Waals surface area contributed by atoms with E-state index in [1.807, 2.05) is 73.7 Å². The maximum absolute atomic E-state index is 12.7. The molecular formula is C27H24N2O3S2. The van der Waals surface area contributed by atoms with Crippen LogP contribution in [0.2, 0.25) is 0 Å². The highest BCUT2D eigenvalue weighted by molar-refractivity contribution is 7.98. The fraction of sp³-hybridized carbons (Fsp3) is 0.148. The molecule has 172 valence electrons. The molecule has 1 amide bonds. The highest BCUT2D eigenvalue weighted by Crippen LogP contribution is 2.28. The van der Waals surface area contributed by atoms with Gasteiger partial charge in [0.05, 0.1) is 16.3 Å². The Hall–Kier alpha value is -3.42. The van der Waals surface area contributed by atoms with Gasteiger partial charge in [-0.1, -0.05) is 48.5 Å². The number of hydrogen-bond donors (Lipinski definition) is 1. The normalized spacial score (nSPS) is 11.6. The number of aromatic nitrogens is 1. The third-order valence-electron chi connectivity index (χ3n) is 5.07. The summed E-state index contributed by atoms with van der Waals surface area (Å²) in [6.07, 6.45) is -0.946. The number of hydrogen-bond acceptors (Lipinski definition) is 6. The third-order valence-corrected chi connectivity index (χ3v) is 6.93. The highest BCUT2D eigenvalue weighted by atomic mass is 32.2. The van der Waals surface area contributed by atoms with Crippen molar-refractivity contribution in [2.45, 2.75) is 30.6 Å². The molecular weight excluding hydrogens is 464 g/mol. The number of nitrogens with one attached hydrogen (secondary N) is 1. The van der Waals surface area contributed by atoms with E-state index in [0.29, 0.717) is 11.3 Å². The average molecular weight is 489 g/mol. The molecule has 1 unspecified atom stereocenters. The summed E-state index contributed by atoms with van der Waals surface area (Å²) in [6.45, 7) is 3.56. The lowest BCUT2D eigenvalue weighted by molar-refractivity contribution is -0.123. The second-order valence-corrected chi connectivity index (χ2v) is 9.73. The van der Waals surface area contributed by atoms with Gasteiger partial charge in [0, 0.05) is 27.3 Å². The second kappa shape index (κ2) is 11.1. The van der Waals surface area contributed by atoms with E-state index in [4.69, 9.17) is 4.74 Å². The Kier molecular flexibility index (Phi) is 7.77. The Morgan fingerprint density at radius 2 is 1.71 bits per heavy atom. The van der Waals surface area contributed by atoms with E-state index in [9.17, 15) is 9.59 Å². The predicted octanol–water partition coefficient (Wildman–Crippen LogP) is 6.59. The molecule has 0 saturated carbocycles. The van der Waals surface area contributed by atoms with Crippen molar-refractivity contribution in [3.8, 4) is 11.1 Å². The molecule has 34 heavy (non-hydrogen) atoms. The fourth-order valence-corrected chi connectivity index (χ4v) is 4.81. The Bertz CT molecular complexity index is 1270. The largest absolute Gasteiger partial charge is 0.449 e. The Morgan fingerprint density at radius 3 is 2.41 bits per heavy atom. The van der Waals surface area contributed by atoms with E-state index in [-0.39, 0.29) is 5.91 Å². The van der Waals surface area contributed by atoms with E-state index in [1.165, 1.54) is 0 Å². The molecule has 1 heterocycles. The van der Waals surface area contributed by atoms with Crippen LogP contribution in [0, 0.1) is 6.92 Å². The SMILES string of the molecule is Cc1nc(CSc2ccc(C(=O)OC(C)C(=O)Nc3ccccc3-c3ccccc3)cc2)cs1. The molecule has 4 aromatic rings. The van der Waals surface area contributed by atoms with E-state index in [2.05, 4.69) is 15.7 Å². The number of para-hydroxylation sites is 1. The van der Waals surface area contributed by atoms with Gasteiger partial charge in [0.15, 0.2) is 6.10 Å².